The zero-order valence-corrected chi connectivity index (χ0v) is 9.45. The van der Waals surface area contributed by atoms with Crippen LogP contribution in [-0.2, 0) is 0 Å². The maximum atomic E-state index is 10.8. The van der Waals surface area contributed by atoms with Crippen LogP contribution in [0.4, 0.5) is 4.79 Å². The Morgan fingerprint density at radius 3 is 2.73 bits per heavy atom. The molecule has 0 unspecified atom stereocenters. The minimum atomic E-state index is -0.951. The number of hydrogen-bond acceptors (Lipinski definition) is 3. The molecule has 0 atom stereocenters. The number of amides is 1. The van der Waals surface area contributed by atoms with E-state index in [0.29, 0.717) is 12.3 Å². The van der Waals surface area contributed by atoms with E-state index >= 15 is 0 Å². The highest BCUT2D eigenvalue weighted by Gasteiger charge is 2.13. The average Bonchev–Trinajstić information content (AvgIpc) is 2.25. The van der Waals surface area contributed by atoms with Gasteiger partial charge in [0.05, 0.1) is 12.0 Å². The lowest BCUT2D eigenvalue weighted by Crippen LogP contribution is -2.21. The Morgan fingerprint density at radius 2 is 2.20 bits per heavy atom. The summed E-state index contributed by atoms with van der Waals surface area (Å²) in [7, 11) is 1.57. The van der Waals surface area contributed by atoms with E-state index in [1.54, 1.807) is 20.1 Å². The van der Waals surface area contributed by atoms with Crippen LogP contribution < -0.4 is 4.74 Å². The smallest absolute Gasteiger partial charge is 0.417 e. The van der Waals surface area contributed by atoms with E-state index in [1.165, 1.54) is 4.31 Å². The third-order valence-corrected chi connectivity index (χ3v) is 2.95. The SMILES string of the molecule is CCN(Sc1ccccc1OC)C(=O)O. The van der Waals surface area contributed by atoms with Gasteiger partial charge in [0.1, 0.15) is 5.75 Å². The lowest BCUT2D eigenvalue weighted by molar-refractivity contribution is 0.176. The first-order valence-electron chi connectivity index (χ1n) is 4.50. The van der Waals surface area contributed by atoms with E-state index in [4.69, 9.17) is 9.84 Å². The molecule has 0 spiro atoms. The lowest BCUT2D eigenvalue weighted by Gasteiger charge is -2.16. The number of para-hydroxylation sites is 1. The fourth-order valence-electron chi connectivity index (χ4n) is 1.05. The first-order valence-corrected chi connectivity index (χ1v) is 5.27. The quantitative estimate of drug-likeness (QED) is 0.803. The molecule has 0 aliphatic carbocycles. The fraction of sp³-hybridized carbons (Fsp3) is 0.300. The number of benzene rings is 1. The van der Waals surface area contributed by atoms with Gasteiger partial charge in [0.15, 0.2) is 0 Å². The third kappa shape index (κ3) is 3.06. The normalized spacial score (nSPS) is 9.73. The molecule has 0 aliphatic rings. The van der Waals surface area contributed by atoms with Crippen molar-refractivity contribution in [1.82, 2.24) is 4.31 Å². The van der Waals surface area contributed by atoms with Crippen LogP contribution in [0.1, 0.15) is 6.92 Å². The molecule has 0 bridgehead atoms. The van der Waals surface area contributed by atoms with Gasteiger partial charge in [-0.1, -0.05) is 12.1 Å². The Bertz CT molecular complexity index is 343. The number of hydrogen-bond donors (Lipinski definition) is 1. The van der Waals surface area contributed by atoms with Crippen molar-refractivity contribution in [3.05, 3.63) is 24.3 Å². The number of carboxylic acid groups (broad SMARTS) is 1. The summed E-state index contributed by atoms with van der Waals surface area (Å²) in [6, 6.07) is 7.33. The van der Waals surface area contributed by atoms with Gasteiger partial charge < -0.3 is 9.84 Å². The predicted octanol–water partition coefficient (Wildman–Crippen LogP) is 2.70. The molecule has 1 aromatic rings. The van der Waals surface area contributed by atoms with Crippen molar-refractivity contribution in [2.24, 2.45) is 0 Å². The molecule has 5 heteroatoms. The molecule has 4 nitrogen and oxygen atoms in total. The van der Waals surface area contributed by atoms with Gasteiger partial charge >= 0.3 is 6.09 Å². The van der Waals surface area contributed by atoms with Crippen LogP contribution in [0.3, 0.4) is 0 Å². The molecule has 0 aliphatic heterocycles. The van der Waals surface area contributed by atoms with Crippen LogP contribution in [0.2, 0.25) is 0 Å². The van der Waals surface area contributed by atoms with E-state index in [-0.39, 0.29) is 0 Å². The molecule has 15 heavy (non-hydrogen) atoms. The first kappa shape index (κ1) is 11.7. The van der Waals surface area contributed by atoms with Gasteiger partial charge in [0.25, 0.3) is 0 Å². The van der Waals surface area contributed by atoms with Gasteiger partial charge in [-0.2, -0.15) is 0 Å². The van der Waals surface area contributed by atoms with Crippen LogP contribution >= 0.6 is 11.9 Å². The topological polar surface area (TPSA) is 49.8 Å². The van der Waals surface area contributed by atoms with E-state index in [0.717, 1.165) is 16.8 Å². The molecular formula is C10H13NO3S. The van der Waals surface area contributed by atoms with Crippen molar-refractivity contribution >= 4 is 18.0 Å². The Kier molecular flexibility index (Phi) is 4.30. The number of carbonyl (C=O) groups is 1. The van der Waals surface area contributed by atoms with Crippen molar-refractivity contribution in [3.8, 4) is 5.75 Å². The summed E-state index contributed by atoms with van der Waals surface area (Å²) < 4.78 is 6.38. The Hall–Kier alpha value is -1.36. The van der Waals surface area contributed by atoms with Gasteiger partial charge in [0.2, 0.25) is 0 Å². The van der Waals surface area contributed by atoms with E-state index in [9.17, 15) is 4.79 Å². The highest BCUT2D eigenvalue weighted by molar-refractivity contribution is 7.97. The molecule has 0 saturated heterocycles. The van der Waals surface area contributed by atoms with Crippen LogP contribution in [0.25, 0.3) is 0 Å². The molecule has 0 fully saturated rings. The van der Waals surface area contributed by atoms with Crippen LogP contribution in [0, 0.1) is 0 Å². The van der Waals surface area contributed by atoms with Gasteiger partial charge in [-0.3, -0.25) is 0 Å². The number of methoxy groups -OCH3 is 1. The Morgan fingerprint density at radius 1 is 1.53 bits per heavy atom. The minimum Gasteiger partial charge on any atom is -0.496 e. The fourth-order valence-corrected chi connectivity index (χ4v) is 1.88. The highest BCUT2D eigenvalue weighted by Crippen LogP contribution is 2.31. The molecule has 0 heterocycles. The molecule has 82 valence electrons. The van der Waals surface area contributed by atoms with E-state index in [2.05, 4.69) is 0 Å². The largest absolute Gasteiger partial charge is 0.496 e. The molecule has 0 aromatic heterocycles. The summed E-state index contributed by atoms with van der Waals surface area (Å²) in [5.74, 6) is 0.683. The number of ether oxygens (including phenoxy) is 1. The predicted molar refractivity (Wildman–Crippen MR) is 59.3 cm³/mol. The molecule has 1 aromatic carbocycles. The second kappa shape index (κ2) is 5.50. The zero-order chi connectivity index (χ0) is 11.3. The van der Waals surface area contributed by atoms with Crippen molar-refractivity contribution in [2.45, 2.75) is 11.8 Å². The van der Waals surface area contributed by atoms with Gasteiger partial charge in [-0.25, -0.2) is 9.10 Å². The third-order valence-electron chi connectivity index (χ3n) is 1.78. The molecular weight excluding hydrogens is 214 g/mol. The molecule has 1 N–H and O–H groups in total. The van der Waals surface area contributed by atoms with Gasteiger partial charge in [0, 0.05) is 6.54 Å². The van der Waals surface area contributed by atoms with Crippen LogP contribution in [-0.4, -0.2) is 29.2 Å². The zero-order valence-electron chi connectivity index (χ0n) is 8.64. The minimum absolute atomic E-state index is 0.429. The van der Waals surface area contributed by atoms with Gasteiger partial charge in [-0.15, -0.1) is 0 Å². The first-order chi connectivity index (χ1) is 7.19. The second-order valence-electron chi connectivity index (χ2n) is 2.72. The molecule has 0 saturated carbocycles. The summed E-state index contributed by atoms with van der Waals surface area (Å²) in [5.41, 5.74) is 0. The van der Waals surface area contributed by atoms with Crippen molar-refractivity contribution in [1.29, 1.82) is 0 Å². The number of nitrogens with zero attached hydrogens (tertiary/aromatic N) is 1. The van der Waals surface area contributed by atoms with Crippen molar-refractivity contribution in [2.75, 3.05) is 13.7 Å². The Labute approximate surface area is 93.0 Å². The van der Waals surface area contributed by atoms with Crippen molar-refractivity contribution in [3.63, 3.8) is 0 Å². The summed E-state index contributed by atoms with van der Waals surface area (Å²) in [5, 5.41) is 8.86. The highest BCUT2D eigenvalue weighted by atomic mass is 32.2. The van der Waals surface area contributed by atoms with E-state index < -0.39 is 6.09 Å². The van der Waals surface area contributed by atoms with Crippen LogP contribution in [0.15, 0.2) is 29.2 Å². The summed E-state index contributed by atoms with van der Waals surface area (Å²) >= 11 is 1.16. The average molecular weight is 227 g/mol. The van der Waals surface area contributed by atoms with Crippen LogP contribution in [0.5, 0.6) is 5.75 Å². The standard InChI is InChI=1S/C10H13NO3S/c1-3-11(10(12)13)15-9-7-5-4-6-8(9)14-2/h4-7H,3H2,1-2H3,(H,12,13). The number of rotatable bonds is 4. The molecule has 0 radical (unpaired) electrons. The second-order valence-corrected chi connectivity index (χ2v) is 3.78. The molecule has 1 rings (SSSR count). The maximum Gasteiger partial charge on any atom is 0.417 e. The summed E-state index contributed by atoms with van der Waals surface area (Å²) in [6.07, 6.45) is -0.951. The lowest BCUT2D eigenvalue weighted by atomic mass is 10.3. The van der Waals surface area contributed by atoms with E-state index in [1.807, 2.05) is 18.2 Å². The Balaban J connectivity index is 2.82. The summed E-state index contributed by atoms with van der Waals surface area (Å²) in [6.45, 7) is 2.22. The van der Waals surface area contributed by atoms with Gasteiger partial charge in [-0.05, 0) is 31.0 Å². The molecule has 1 amide bonds. The van der Waals surface area contributed by atoms with Crippen molar-refractivity contribution < 1.29 is 14.6 Å². The maximum absolute atomic E-state index is 10.8. The summed E-state index contributed by atoms with van der Waals surface area (Å²) in [4.78, 5) is 11.6. The monoisotopic (exact) mass is 227 g/mol.